The van der Waals surface area contributed by atoms with Gasteiger partial charge in [0.2, 0.25) is 5.91 Å². The van der Waals surface area contributed by atoms with E-state index in [1.165, 1.54) is 18.2 Å². The van der Waals surface area contributed by atoms with E-state index in [2.05, 4.69) is 0 Å². The number of nitro groups is 1. The number of rotatable bonds is 4. The summed E-state index contributed by atoms with van der Waals surface area (Å²) in [7, 11) is 0. The summed E-state index contributed by atoms with van der Waals surface area (Å²) in [6, 6.07) is 4.15. The summed E-state index contributed by atoms with van der Waals surface area (Å²) >= 11 is 0. The van der Waals surface area contributed by atoms with E-state index in [-0.39, 0.29) is 23.8 Å². The largest absolute Gasteiger partial charge is 0.396 e. The van der Waals surface area contributed by atoms with Crippen LogP contribution >= 0.6 is 0 Å². The minimum Gasteiger partial charge on any atom is -0.396 e. The smallest absolute Gasteiger partial charge is 0.292 e. The highest BCUT2D eigenvalue weighted by Gasteiger charge is 2.25. The fourth-order valence-electron chi connectivity index (χ4n) is 2.44. The topological polar surface area (TPSA) is 110 Å². The van der Waals surface area contributed by atoms with E-state index in [1.807, 2.05) is 4.90 Å². The zero-order valence-electron chi connectivity index (χ0n) is 11.0. The molecule has 0 unspecified atom stereocenters. The van der Waals surface area contributed by atoms with E-state index < -0.39 is 10.8 Å². The van der Waals surface area contributed by atoms with E-state index >= 15 is 0 Å². The first-order valence-corrected chi connectivity index (χ1v) is 6.47. The molecule has 0 aromatic heterocycles. The Balaban J connectivity index is 2.31. The molecule has 3 N–H and O–H groups in total. The lowest BCUT2D eigenvalue weighted by molar-refractivity contribution is -0.384. The number of benzene rings is 1. The number of aliphatic hydroxyl groups is 1. The molecule has 7 nitrogen and oxygen atoms in total. The van der Waals surface area contributed by atoms with Gasteiger partial charge in [0.15, 0.2) is 0 Å². The van der Waals surface area contributed by atoms with Crippen LogP contribution in [0.25, 0.3) is 0 Å². The highest BCUT2D eigenvalue weighted by molar-refractivity contribution is 5.94. The SMILES string of the molecule is NC(=O)c1ccc([N+](=O)[O-])c(N2CCC(CO)CC2)c1. The van der Waals surface area contributed by atoms with Crippen LogP contribution in [0.3, 0.4) is 0 Å². The zero-order chi connectivity index (χ0) is 14.7. The van der Waals surface area contributed by atoms with Gasteiger partial charge in [0.1, 0.15) is 5.69 Å². The number of carbonyl (C=O) groups excluding carboxylic acids is 1. The number of primary amides is 1. The van der Waals surface area contributed by atoms with Crippen LogP contribution in [0.4, 0.5) is 11.4 Å². The molecule has 1 heterocycles. The second-order valence-corrected chi connectivity index (χ2v) is 4.94. The van der Waals surface area contributed by atoms with Gasteiger partial charge < -0.3 is 15.7 Å². The Labute approximate surface area is 116 Å². The molecule has 7 heteroatoms. The molecule has 1 fully saturated rings. The Hall–Kier alpha value is -2.15. The van der Waals surface area contributed by atoms with Gasteiger partial charge in [0.25, 0.3) is 5.69 Å². The maximum atomic E-state index is 11.2. The summed E-state index contributed by atoms with van der Waals surface area (Å²) in [6.45, 7) is 1.37. The standard InChI is InChI=1S/C13H17N3O4/c14-13(18)10-1-2-11(16(19)20)12(7-10)15-5-3-9(8-17)4-6-15/h1-2,7,9,17H,3-6,8H2,(H2,14,18). The molecule has 0 atom stereocenters. The molecule has 1 saturated heterocycles. The summed E-state index contributed by atoms with van der Waals surface area (Å²) in [5, 5.41) is 20.2. The number of aliphatic hydroxyl groups excluding tert-OH is 1. The first kappa shape index (κ1) is 14.3. The number of piperidine rings is 1. The van der Waals surface area contributed by atoms with Gasteiger partial charge in [-0.15, -0.1) is 0 Å². The predicted octanol–water partition coefficient (Wildman–Crippen LogP) is 0.902. The Kier molecular flexibility index (Phi) is 4.19. The molecular formula is C13H17N3O4. The van der Waals surface area contributed by atoms with Gasteiger partial charge >= 0.3 is 0 Å². The van der Waals surface area contributed by atoms with Crippen LogP contribution in [0.5, 0.6) is 0 Å². The molecule has 0 bridgehead atoms. The molecule has 108 valence electrons. The first-order valence-electron chi connectivity index (χ1n) is 6.47. The molecule has 0 aliphatic carbocycles. The molecular weight excluding hydrogens is 262 g/mol. The summed E-state index contributed by atoms with van der Waals surface area (Å²) < 4.78 is 0. The van der Waals surface area contributed by atoms with Crippen molar-refractivity contribution in [1.82, 2.24) is 0 Å². The molecule has 0 spiro atoms. The summed E-state index contributed by atoms with van der Waals surface area (Å²) in [6.07, 6.45) is 1.54. The van der Waals surface area contributed by atoms with Crippen molar-refractivity contribution in [3.63, 3.8) is 0 Å². The predicted molar refractivity (Wildman–Crippen MR) is 73.6 cm³/mol. The zero-order valence-corrected chi connectivity index (χ0v) is 11.0. The van der Waals surface area contributed by atoms with E-state index in [9.17, 15) is 14.9 Å². The molecule has 1 amide bonds. The van der Waals surface area contributed by atoms with Gasteiger partial charge in [0.05, 0.1) is 4.92 Å². The number of nitrogens with two attached hydrogens (primary N) is 1. The van der Waals surface area contributed by atoms with Crippen LogP contribution in [0, 0.1) is 16.0 Å². The molecule has 1 aromatic carbocycles. The van der Waals surface area contributed by atoms with E-state index in [1.54, 1.807) is 0 Å². The van der Waals surface area contributed by atoms with Crippen molar-refractivity contribution in [1.29, 1.82) is 0 Å². The van der Waals surface area contributed by atoms with Crippen molar-refractivity contribution in [3.8, 4) is 0 Å². The molecule has 1 aromatic rings. The normalized spacial score (nSPS) is 16.1. The third-order valence-corrected chi connectivity index (χ3v) is 3.67. The molecule has 1 aliphatic heterocycles. The number of hydrogen-bond acceptors (Lipinski definition) is 5. The number of carbonyl (C=O) groups is 1. The Morgan fingerprint density at radius 3 is 2.60 bits per heavy atom. The number of amides is 1. The number of hydrogen-bond donors (Lipinski definition) is 2. The average Bonchev–Trinajstić information content (AvgIpc) is 2.46. The fourth-order valence-corrected chi connectivity index (χ4v) is 2.44. The van der Waals surface area contributed by atoms with Crippen molar-refractivity contribution in [3.05, 3.63) is 33.9 Å². The Bertz CT molecular complexity index is 524. The number of anilines is 1. The van der Waals surface area contributed by atoms with Crippen LogP contribution < -0.4 is 10.6 Å². The van der Waals surface area contributed by atoms with Crippen LogP contribution in [0.2, 0.25) is 0 Å². The highest BCUT2D eigenvalue weighted by Crippen LogP contribution is 2.32. The second-order valence-electron chi connectivity index (χ2n) is 4.94. The van der Waals surface area contributed by atoms with Crippen LogP contribution in [0.15, 0.2) is 18.2 Å². The Morgan fingerprint density at radius 1 is 1.45 bits per heavy atom. The number of nitrogens with zero attached hydrogens (tertiary/aromatic N) is 2. The van der Waals surface area contributed by atoms with E-state index in [0.29, 0.717) is 18.8 Å². The fraction of sp³-hybridized carbons (Fsp3) is 0.462. The van der Waals surface area contributed by atoms with Gasteiger partial charge in [-0.3, -0.25) is 14.9 Å². The van der Waals surface area contributed by atoms with Crippen molar-refractivity contribution < 1.29 is 14.8 Å². The lowest BCUT2D eigenvalue weighted by Gasteiger charge is -2.32. The van der Waals surface area contributed by atoms with Crippen LogP contribution in [0.1, 0.15) is 23.2 Å². The lowest BCUT2D eigenvalue weighted by Crippen LogP contribution is -2.35. The number of nitro benzene ring substituents is 1. The molecule has 1 aliphatic rings. The van der Waals surface area contributed by atoms with Gasteiger partial charge in [-0.05, 0) is 30.9 Å². The van der Waals surface area contributed by atoms with Gasteiger partial charge in [-0.2, -0.15) is 0 Å². The molecule has 2 rings (SSSR count). The maximum absolute atomic E-state index is 11.2. The maximum Gasteiger partial charge on any atom is 0.292 e. The first-order chi connectivity index (χ1) is 9.52. The van der Waals surface area contributed by atoms with Crippen molar-refractivity contribution in [2.45, 2.75) is 12.8 Å². The third kappa shape index (κ3) is 2.88. The van der Waals surface area contributed by atoms with Crippen LogP contribution in [-0.4, -0.2) is 35.6 Å². The molecule has 0 radical (unpaired) electrons. The van der Waals surface area contributed by atoms with Crippen molar-refractivity contribution in [2.24, 2.45) is 11.7 Å². The van der Waals surface area contributed by atoms with Gasteiger partial charge in [0, 0.05) is 31.3 Å². The van der Waals surface area contributed by atoms with Gasteiger partial charge in [-0.1, -0.05) is 0 Å². The highest BCUT2D eigenvalue weighted by atomic mass is 16.6. The summed E-state index contributed by atoms with van der Waals surface area (Å²) in [4.78, 5) is 23.7. The molecule has 0 saturated carbocycles. The minimum atomic E-state index is -0.605. The summed E-state index contributed by atoms with van der Waals surface area (Å²) in [5.41, 5.74) is 5.87. The third-order valence-electron chi connectivity index (χ3n) is 3.67. The van der Waals surface area contributed by atoms with Crippen molar-refractivity contribution in [2.75, 3.05) is 24.6 Å². The van der Waals surface area contributed by atoms with Crippen LogP contribution in [-0.2, 0) is 0 Å². The van der Waals surface area contributed by atoms with Gasteiger partial charge in [-0.25, -0.2) is 0 Å². The average molecular weight is 279 g/mol. The van der Waals surface area contributed by atoms with E-state index in [0.717, 1.165) is 12.8 Å². The second kappa shape index (κ2) is 5.87. The molecule has 20 heavy (non-hydrogen) atoms. The monoisotopic (exact) mass is 279 g/mol. The van der Waals surface area contributed by atoms with Crippen molar-refractivity contribution >= 4 is 17.3 Å². The Morgan fingerprint density at radius 2 is 2.10 bits per heavy atom. The van der Waals surface area contributed by atoms with E-state index in [4.69, 9.17) is 10.8 Å². The lowest BCUT2D eigenvalue weighted by atomic mass is 9.97. The summed E-state index contributed by atoms with van der Waals surface area (Å²) in [5.74, 6) is -0.365. The minimum absolute atomic E-state index is 0.0301. The quantitative estimate of drug-likeness (QED) is 0.628.